The number of aliphatic carboxylic acids is 1. The lowest BCUT2D eigenvalue weighted by molar-refractivity contribution is -0.149. The zero-order valence-electron chi connectivity index (χ0n) is 18.6. The van der Waals surface area contributed by atoms with E-state index in [-0.39, 0.29) is 0 Å². The second-order valence-corrected chi connectivity index (χ2v) is 8.29. The van der Waals surface area contributed by atoms with Crippen LogP contribution in [0.2, 0.25) is 10.0 Å². The van der Waals surface area contributed by atoms with Crippen LogP contribution < -0.4 is 4.74 Å². The minimum atomic E-state index is -0.957. The van der Waals surface area contributed by atoms with Crippen molar-refractivity contribution < 1.29 is 19.4 Å². The predicted octanol–water partition coefficient (Wildman–Crippen LogP) is 7.17. The topological polar surface area (TPSA) is 55.8 Å². The minimum Gasteiger partial charge on any atom is -0.490 e. The first-order valence-electron chi connectivity index (χ1n) is 10.7. The zero-order chi connectivity index (χ0) is 23.8. The molecule has 0 amide bonds. The van der Waals surface area contributed by atoms with Crippen molar-refractivity contribution >= 4 is 34.7 Å². The van der Waals surface area contributed by atoms with Gasteiger partial charge in [-0.25, -0.2) is 4.79 Å². The van der Waals surface area contributed by atoms with E-state index in [0.29, 0.717) is 29.7 Å². The van der Waals surface area contributed by atoms with Gasteiger partial charge in [0.2, 0.25) is 0 Å². The summed E-state index contributed by atoms with van der Waals surface area (Å²) in [5, 5.41) is 10.3. The van der Waals surface area contributed by atoms with E-state index < -0.39 is 12.1 Å². The molecule has 0 aromatic heterocycles. The van der Waals surface area contributed by atoms with Gasteiger partial charge in [-0.15, -0.1) is 0 Å². The molecule has 0 fully saturated rings. The summed E-state index contributed by atoms with van der Waals surface area (Å²) in [6.07, 6.45) is 1.50. The van der Waals surface area contributed by atoms with Crippen molar-refractivity contribution in [3.05, 3.63) is 94.0 Å². The predicted molar refractivity (Wildman–Crippen MR) is 134 cm³/mol. The summed E-state index contributed by atoms with van der Waals surface area (Å²) in [6.45, 7) is 4.60. The third-order valence-corrected chi connectivity index (χ3v) is 6.05. The Bertz CT molecular complexity index is 1110. The molecule has 33 heavy (non-hydrogen) atoms. The highest BCUT2D eigenvalue weighted by atomic mass is 35.5. The Hall–Kier alpha value is -2.79. The molecule has 4 nitrogen and oxygen atoms in total. The van der Waals surface area contributed by atoms with Gasteiger partial charge in [0.05, 0.1) is 10.0 Å². The first-order valence-corrected chi connectivity index (χ1v) is 11.4. The Morgan fingerprint density at radius 1 is 1.03 bits per heavy atom. The molecule has 3 aromatic rings. The van der Waals surface area contributed by atoms with Gasteiger partial charge >= 0.3 is 5.97 Å². The van der Waals surface area contributed by atoms with Crippen LogP contribution in [-0.4, -0.2) is 30.4 Å². The Balaban J connectivity index is 1.58. The molecule has 0 aliphatic rings. The van der Waals surface area contributed by atoms with Crippen LogP contribution in [0.5, 0.6) is 5.75 Å². The summed E-state index contributed by atoms with van der Waals surface area (Å²) in [4.78, 5) is 11.2. The Morgan fingerprint density at radius 2 is 1.73 bits per heavy atom. The van der Waals surface area contributed by atoms with Crippen molar-refractivity contribution in [1.29, 1.82) is 0 Å². The number of rotatable bonds is 10. The number of carboxylic acids is 1. The van der Waals surface area contributed by atoms with Crippen LogP contribution in [0.4, 0.5) is 0 Å². The fourth-order valence-electron chi connectivity index (χ4n) is 3.37. The second-order valence-electron chi connectivity index (χ2n) is 7.51. The van der Waals surface area contributed by atoms with Crippen LogP contribution in [-0.2, 0) is 16.0 Å². The number of carboxylic acid groups (broad SMARTS) is 1. The van der Waals surface area contributed by atoms with Crippen LogP contribution >= 0.6 is 23.2 Å². The first kappa shape index (κ1) is 24.8. The van der Waals surface area contributed by atoms with Gasteiger partial charge in [0.25, 0.3) is 0 Å². The van der Waals surface area contributed by atoms with Crippen LogP contribution in [0.3, 0.4) is 0 Å². The van der Waals surface area contributed by atoms with Crippen molar-refractivity contribution in [2.45, 2.75) is 26.4 Å². The van der Waals surface area contributed by atoms with Crippen molar-refractivity contribution in [2.24, 2.45) is 0 Å². The van der Waals surface area contributed by atoms with Crippen LogP contribution in [0.1, 0.15) is 25.0 Å². The second kappa shape index (κ2) is 11.9. The van der Waals surface area contributed by atoms with Gasteiger partial charge in [-0.05, 0) is 60.4 Å². The lowest BCUT2D eigenvalue weighted by Crippen LogP contribution is -2.26. The van der Waals surface area contributed by atoms with Gasteiger partial charge in [-0.1, -0.05) is 71.7 Å². The molecule has 0 heterocycles. The number of ether oxygens (including phenoxy) is 2. The molecule has 3 aromatic carbocycles. The lowest BCUT2D eigenvalue weighted by Gasteiger charge is -2.12. The summed E-state index contributed by atoms with van der Waals surface area (Å²) in [7, 11) is 0. The van der Waals surface area contributed by atoms with E-state index in [1.54, 1.807) is 13.0 Å². The molecule has 1 atom stereocenters. The summed E-state index contributed by atoms with van der Waals surface area (Å²) >= 11 is 12.5. The minimum absolute atomic E-state index is 0.318. The third kappa shape index (κ3) is 6.84. The summed E-state index contributed by atoms with van der Waals surface area (Å²) in [5.41, 5.74) is 4.97. The molecule has 0 aliphatic carbocycles. The molecular formula is C27H26Cl2O4. The Morgan fingerprint density at radius 3 is 2.36 bits per heavy atom. The molecule has 6 heteroatoms. The quantitative estimate of drug-likeness (QED) is 0.331. The van der Waals surface area contributed by atoms with E-state index in [1.807, 2.05) is 73.7 Å². The van der Waals surface area contributed by atoms with Crippen molar-refractivity contribution in [2.75, 3.05) is 13.2 Å². The highest BCUT2D eigenvalue weighted by Crippen LogP contribution is 2.33. The average molecular weight is 485 g/mol. The third-order valence-electron chi connectivity index (χ3n) is 5.23. The van der Waals surface area contributed by atoms with Crippen molar-refractivity contribution in [3.8, 4) is 16.9 Å². The number of hydrogen-bond donors (Lipinski definition) is 1. The molecule has 0 saturated carbocycles. The first-order chi connectivity index (χ1) is 15.9. The van der Waals surface area contributed by atoms with Crippen LogP contribution in [0, 0.1) is 0 Å². The standard InChI is InChI=1S/C27H26Cl2O4/c1-3-32-25(27(30)31)17-19-7-13-22(14-8-19)33-16-15-18(2)20-9-11-21(12-10-20)23-5-4-6-24(28)26(23)29/h4-15,25H,3,16-17H2,1-2H3,(H,30,31)/b18-15-/t25-/m0/s1. The molecule has 3 rings (SSSR count). The van der Waals surface area contributed by atoms with Crippen LogP contribution in [0.15, 0.2) is 72.8 Å². The number of allylic oxidation sites excluding steroid dienone is 1. The Labute approximate surface area is 204 Å². The van der Waals surface area contributed by atoms with Gasteiger partial charge in [-0.3, -0.25) is 0 Å². The monoisotopic (exact) mass is 484 g/mol. The van der Waals surface area contributed by atoms with E-state index >= 15 is 0 Å². The van der Waals surface area contributed by atoms with Gasteiger partial charge in [0, 0.05) is 18.6 Å². The van der Waals surface area contributed by atoms with E-state index in [2.05, 4.69) is 0 Å². The molecular weight excluding hydrogens is 459 g/mol. The average Bonchev–Trinajstić information content (AvgIpc) is 2.81. The molecule has 0 aliphatic heterocycles. The van der Waals surface area contributed by atoms with Gasteiger partial charge in [-0.2, -0.15) is 0 Å². The zero-order valence-corrected chi connectivity index (χ0v) is 20.1. The molecule has 0 unspecified atom stereocenters. The summed E-state index contributed by atoms with van der Waals surface area (Å²) in [6, 6.07) is 21.2. The van der Waals surface area contributed by atoms with Crippen LogP contribution in [0.25, 0.3) is 16.7 Å². The molecule has 0 saturated heterocycles. The van der Waals surface area contributed by atoms with Gasteiger partial charge < -0.3 is 14.6 Å². The lowest BCUT2D eigenvalue weighted by atomic mass is 10.0. The van der Waals surface area contributed by atoms with Gasteiger partial charge in [0.15, 0.2) is 6.10 Å². The van der Waals surface area contributed by atoms with Crippen molar-refractivity contribution in [3.63, 3.8) is 0 Å². The molecule has 0 radical (unpaired) electrons. The number of carbonyl (C=O) groups is 1. The normalized spacial score (nSPS) is 12.4. The largest absolute Gasteiger partial charge is 0.490 e. The molecule has 0 bridgehead atoms. The summed E-state index contributed by atoms with van der Waals surface area (Å²) < 4.78 is 11.1. The van der Waals surface area contributed by atoms with E-state index in [1.165, 1.54) is 0 Å². The fourth-order valence-corrected chi connectivity index (χ4v) is 3.78. The number of halogens is 2. The summed E-state index contributed by atoms with van der Waals surface area (Å²) in [5.74, 6) is -0.237. The Kier molecular flexibility index (Phi) is 8.95. The van der Waals surface area contributed by atoms with E-state index in [4.69, 9.17) is 32.7 Å². The number of benzene rings is 3. The molecule has 0 spiro atoms. The van der Waals surface area contributed by atoms with Crippen molar-refractivity contribution in [1.82, 2.24) is 0 Å². The van der Waals surface area contributed by atoms with Gasteiger partial charge in [0.1, 0.15) is 12.4 Å². The SMILES string of the molecule is CCO[C@@H](Cc1ccc(OC/C=C(/C)c2ccc(-c3cccc(Cl)c3Cl)cc2)cc1)C(=O)O. The molecule has 1 N–H and O–H groups in total. The smallest absolute Gasteiger partial charge is 0.333 e. The van der Waals surface area contributed by atoms with E-state index in [9.17, 15) is 9.90 Å². The highest BCUT2D eigenvalue weighted by Gasteiger charge is 2.17. The highest BCUT2D eigenvalue weighted by molar-refractivity contribution is 6.43. The maximum absolute atomic E-state index is 11.2. The maximum Gasteiger partial charge on any atom is 0.333 e. The maximum atomic E-state index is 11.2. The number of hydrogen-bond acceptors (Lipinski definition) is 3. The molecule has 172 valence electrons. The van der Waals surface area contributed by atoms with E-state index in [0.717, 1.165) is 33.6 Å². The fraction of sp³-hybridized carbons (Fsp3) is 0.222.